The molecule has 2 aromatic rings. The molecule has 0 fully saturated rings. The van der Waals surface area contributed by atoms with Gasteiger partial charge in [-0.1, -0.05) is 23.8 Å². The average molecular weight is 401 g/mol. The average Bonchev–Trinajstić information content (AvgIpc) is 2.70. The van der Waals surface area contributed by atoms with Gasteiger partial charge in [-0.2, -0.15) is 0 Å². The maximum Gasteiger partial charge on any atom is 0.254 e. The largest absolute Gasteiger partial charge is 0.383 e. The molecule has 0 atom stereocenters. The third kappa shape index (κ3) is 7.34. The highest BCUT2D eigenvalue weighted by atomic mass is 19.1. The second-order valence-electron chi connectivity index (χ2n) is 6.42. The van der Waals surface area contributed by atoms with Crippen molar-refractivity contribution in [3.63, 3.8) is 0 Å². The number of nitrogens with zero attached hydrogens (tertiary/aromatic N) is 1. The van der Waals surface area contributed by atoms with Gasteiger partial charge in [-0.05, 0) is 37.3 Å². The summed E-state index contributed by atoms with van der Waals surface area (Å²) in [6.07, 6.45) is 0. The van der Waals surface area contributed by atoms with E-state index in [1.807, 2.05) is 19.1 Å². The summed E-state index contributed by atoms with van der Waals surface area (Å²) >= 11 is 0. The monoisotopic (exact) mass is 401 g/mol. The van der Waals surface area contributed by atoms with Gasteiger partial charge in [0.2, 0.25) is 11.8 Å². The quantitative estimate of drug-likeness (QED) is 0.673. The van der Waals surface area contributed by atoms with E-state index in [9.17, 15) is 18.8 Å². The molecule has 2 rings (SSSR count). The van der Waals surface area contributed by atoms with E-state index < -0.39 is 17.6 Å². The van der Waals surface area contributed by atoms with Crippen molar-refractivity contribution in [2.75, 3.05) is 38.7 Å². The molecule has 0 aromatic heterocycles. The Labute approximate surface area is 168 Å². The molecule has 29 heavy (non-hydrogen) atoms. The second kappa shape index (κ2) is 10.9. The van der Waals surface area contributed by atoms with Crippen LogP contribution in [0.2, 0.25) is 0 Å². The van der Waals surface area contributed by atoms with Crippen molar-refractivity contribution in [3.8, 4) is 0 Å². The van der Waals surface area contributed by atoms with E-state index in [-0.39, 0.29) is 37.7 Å². The fourth-order valence-corrected chi connectivity index (χ4v) is 2.51. The maximum absolute atomic E-state index is 13.4. The number of benzene rings is 2. The van der Waals surface area contributed by atoms with Crippen LogP contribution >= 0.6 is 0 Å². The van der Waals surface area contributed by atoms with Crippen molar-refractivity contribution >= 4 is 23.4 Å². The number of carbonyl (C=O) groups is 3. The molecule has 0 spiro atoms. The fourth-order valence-electron chi connectivity index (χ4n) is 2.51. The number of hydrogen-bond donors (Lipinski definition) is 2. The van der Waals surface area contributed by atoms with Crippen molar-refractivity contribution in [1.29, 1.82) is 0 Å². The van der Waals surface area contributed by atoms with E-state index in [0.717, 1.165) is 11.6 Å². The molecular weight excluding hydrogens is 377 g/mol. The first-order chi connectivity index (χ1) is 13.9. The predicted molar refractivity (Wildman–Crippen MR) is 107 cm³/mol. The summed E-state index contributed by atoms with van der Waals surface area (Å²) in [4.78, 5) is 38.0. The van der Waals surface area contributed by atoms with E-state index in [2.05, 4.69) is 10.6 Å². The highest BCUT2D eigenvalue weighted by Gasteiger charge is 2.19. The molecule has 0 saturated heterocycles. The first kappa shape index (κ1) is 22.0. The number of ether oxygens (including phenoxy) is 1. The number of rotatable bonds is 9. The highest BCUT2D eigenvalue weighted by Crippen LogP contribution is 2.09. The number of anilines is 1. The third-order valence-electron chi connectivity index (χ3n) is 4.04. The molecule has 0 aliphatic carbocycles. The number of nitrogens with one attached hydrogen (secondary N) is 2. The van der Waals surface area contributed by atoms with E-state index in [4.69, 9.17) is 4.74 Å². The Hall–Kier alpha value is -3.26. The molecule has 0 bridgehead atoms. The first-order valence-electron chi connectivity index (χ1n) is 9.06. The van der Waals surface area contributed by atoms with Gasteiger partial charge >= 0.3 is 0 Å². The third-order valence-corrected chi connectivity index (χ3v) is 4.04. The van der Waals surface area contributed by atoms with Crippen molar-refractivity contribution in [1.82, 2.24) is 10.2 Å². The van der Waals surface area contributed by atoms with E-state index in [1.54, 1.807) is 12.1 Å². The van der Waals surface area contributed by atoms with E-state index in [0.29, 0.717) is 5.69 Å². The Morgan fingerprint density at radius 2 is 1.79 bits per heavy atom. The minimum atomic E-state index is -0.542. The Kier molecular flexibility index (Phi) is 8.29. The van der Waals surface area contributed by atoms with Gasteiger partial charge in [0.25, 0.3) is 5.91 Å². The van der Waals surface area contributed by atoms with E-state index >= 15 is 0 Å². The molecule has 0 heterocycles. The second-order valence-corrected chi connectivity index (χ2v) is 6.42. The molecule has 0 saturated carbocycles. The van der Waals surface area contributed by atoms with Crippen LogP contribution in [-0.2, 0) is 14.3 Å². The molecule has 0 aliphatic rings. The zero-order valence-corrected chi connectivity index (χ0v) is 16.4. The zero-order valence-electron chi connectivity index (χ0n) is 16.4. The summed E-state index contributed by atoms with van der Waals surface area (Å²) in [5.74, 6) is -1.94. The summed E-state index contributed by atoms with van der Waals surface area (Å²) < 4.78 is 18.4. The van der Waals surface area contributed by atoms with Gasteiger partial charge in [-0.25, -0.2) is 4.39 Å². The lowest BCUT2D eigenvalue weighted by molar-refractivity contribution is -0.124. The molecule has 154 valence electrons. The minimum absolute atomic E-state index is 0.131. The predicted octanol–water partition coefficient (Wildman–Crippen LogP) is 1.98. The smallest absolute Gasteiger partial charge is 0.254 e. The molecule has 2 aromatic carbocycles. The number of carbonyl (C=O) groups excluding carboxylic acids is 3. The van der Waals surface area contributed by atoms with Gasteiger partial charge in [-0.15, -0.1) is 0 Å². The van der Waals surface area contributed by atoms with Gasteiger partial charge in [-0.3, -0.25) is 14.4 Å². The summed E-state index contributed by atoms with van der Waals surface area (Å²) in [6, 6.07) is 12.5. The Bertz CT molecular complexity index is 855. The normalized spacial score (nSPS) is 10.3. The van der Waals surface area contributed by atoms with Gasteiger partial charge in [0.1, 0.15) is 5.82 Å². The van der Waals surface area contributed by atoms with Crippen LogP contribution in [0, 0.1) is 12.7 Å². The lowest BCUT2D eigenvalue weighted by Crippen LogP contribution is -2.44. The van der Waals surface area contributed by atoms with Crippen molar-refractivity contribution in [3.05, 3.63) is 65.5 Å². The topological polar surface area (TPSA) is 87.7 Å². The first-order valence-corrected chi connectivity index (χ1v) is 9.06. The van der Waals surface area contributed by atoms with Crippen LogP contribution in [0.5, 0.6) is 0 Å². The molecule has 8 heteroatoms. The standard InChI is InChI=1S/C21H24FN3O4/c1-15-6-8-18(9-7-15)24-19(26)13-23-20(27)14-25(10-11-29-2)21(28)16-4-3-5-17(22)12-16/h3-9,12H,10-11,13-14H2,1-2H3,(H,23,27)(H,24,26). The van der Waals surface area contributed by atoms with Crippen LogP contribution in [0.4, 0.5) is 10.1 Å². The van der Waals surface area contributed by atoms with Crippen LogP contribution in [0.25, 0.3) is 0 Å². The maximum atomic E-state index is 13.4. The Morgan fingerprint density at radius 3 is 2.45 bits per heavy atom. The molecule has 0 radical (unpaired) electrons. The van der Waals surface area contributed by atoms with Gasteiger partial charge in [0.15, 0.2) is 0 Å². The summed E-state index contributed by atoms with van der Waals surface area (Å²) in [6.45, 7) is 1.78. The van der Waals surface area contributed by atoms with Gasteiger partial charge in [0.05, 0.1) is 19.7 Å². The number of amides is 3. The van der Waals surface area contributed by atoms with Gasteiger partial charge in [0, 0.05) is 24.9 Å². The fraction of sp³-hybridized carbons (Fsp3) is 0.286. The number of aryl methyl sites for hydroxylation is 1. The van der Waals surface area contributed by atoms with Crippen LogP contribution in [0.15, 0.2) is 48.5 Å². The Balaban J connectivity index is 1.90. The van der Waals surface area contributed by atoms with Crippen LogP contribution < -0.4 is 10.6 Å². The molecule has 0 unspecified atom stereocenters. The van der Waals surface area contributed by atoms with Crippen molar-refractivity contribution < 1.29 is 23.5 Å². The summed E-state index contributed by atoms with van der Waals surface area (Å²) in [5, 5.41) is 5.15. The Morgan fingerprint density at radius 1 is 1.07 bits per heavy atom. The highest BCUT2D eigenvalue weighted by molar-refractivity contribution is 5.98. The SMILES string of the molecule is COCCN(CC(=O)NCC(=O)Nc1ccc(C)cc1)C(=O)c1cccc(F)c1. The molecule has 7 nitrogen and oxygen atoms in total. The molecular formula is C21H24FN3O4. The number of methoxy groups -OCH3 is 1. The van der Waals surface area contributed by atoms with Crippen LogP contribution in [0.3, 0.4) is 0 Å². The lowest BCUT2D eigenvalue weighted by Gasteiger charge is -2.22. The summed E-state index contributed by atoms with van der Waals surface area (Å²) in [7, 11) is 1.47. The van der Waals surface area contributed by atoms with Gasteiger partial charge < -0.3 is 20.3 Å². The number of hydrogen-bond acceptors (Lipinski definition) is 4. The molecule has 3 amide bonds. The lowest BCUT2D eigenvalue weighted by atomic mass is 10.2. The van der Waals surface area contributed by atoms with E-state index in [1.165, 1.54) is 30.2 Å². The van der Waals surface area contributed by atoms with Crippen LogP contribution in [-0.4, -0.2) is 56.0 Å². The zero-order chi connectivity index (χ0) is 21.2. The van der Waals surface area contributed by atoms with Crippen molar-refractivity contribution in [2.24, 2.45) is 0 Å². The van der Waals surface area contributed by atoms with Crippen molar-refractivity contribution in [2.45, 2.75) is 6.92 Å². The van der Waals surface area contributed by atoms with Crippen LogP contribution in [0.1, 0.15) is 15.9 Å². The molecule has 0 aliphatic heterocycles. The summed E-state index contributed by atoms with van der Waals surface area (Å²) in [5.41, 5.74) is 1.82. The number of halogens is 1. The molecule has 2 N–H and O–H groups in total. The minimum Gasteiger partial charge on any atom is -0.383 e.